The molecule has 1 spiro atoms. The predicted octanol–water partition coefficient (Wildman–Crippen LogP) is 9.48. The van der Waals surface area contributed by atoms with Crippen LogP contribution in [0.1, 0.15) is 77.3 Å². The fraction of sp³-hybridized carbons (Fsp3) is 0.450. The Morgan fingerprint density at radius 1 is 0.773 bits per heavy atom. The van der Waals surface area contributed by atoms with E-state index in [9.17, 15) is 5.11 Å². The number of benzene rings is 4. The largest absolute Gasteiger partial charge is 0.507 e. The maximum Gasteiger partial charge on any atom is 0.128 e. The van der Waals surface area contributed by atoms with Crippen LogP contribution in [-0.2, 0) is 10.2 Å². The van der Waals surface area contributed by atoms with Gasteiger partial charge < -0.3 is 19.5 Å². The Morgan fingerprint density at radius 3 is 2.16 bits per heavy atom. The normalized spacial score (nSPS) is 21.6. The highest BCUT2D eigenvalue weighted by molar-refractivity contribution is 6.07. The third kappa shape index (κ3) is 4.52. The number of hydrogen-bond donors (Lipinski definition) is 1. The standard InChI is InChI=1S/C40H45NO3/c1-38(2)23-39(3,4)25-40(24-38)33-11-6-5-10-29(33)37-32-21-36(44-28-8-7-9-28)30(20-31(32)35(42)22-34(37)40)26-12-14-27(15-13-26)41-16-18-43-19-17-41/h5-6,10-15,20-22,28,42H,7-9,16-19,23-25H2,1-4H3. The molecule has 1 N–H and O–H groups in total. The number of morpholine rings is 1. The minimum Gasteiger partial charge on any atom is -0.507 e. The topological polar surface area (TPSA) is 41.9 Å². The van der Waals surface area contributed by atoms with Crippen molar-refractivity contribution in [3.63, 3.8) is 0 Å². The molecular formula is C40H45NO3. The lowest BCUT2D eigenvalue weighted by Crippen LogP contribution is -2.43. The summed E-state index contributed by atoms with van der Waals surface area (Å²) < 4.78 is 12.3. The van der Waals surface area contributed by atoms with Crippen molar-refractivity contribution in [3.05, 3.63) is 77.9 Å². The quantitative estimate of drug-likeness (QED) is 0.258. The number of phenols is 1. The summed E-state index contributed by atoms with van der Waals surface area (Å²) in [5, 5.41) is 13.9. The van der Waals surface area contributed by atoms with Gasteiger partial charge in [0.25, 0.3) is 0 Å². The predicted molar refractivity (Wildman–Crippen MR) is 180 cm³/mol. The lowest BCUT2D eigenvalue weighted by atomic mass is 9.52. The second-order valence-electron chi connectivity index (χ2n) is 15.5. The fourth-order valence-electron chi connectivity index (χ4n) is 9.52. The van der Waals surface area contributed by atoms with E-state index in [0.29, 0.717) is 5.75 Å². The first-order valence-electron chi connectivity index (χ1n) is 16.7. The Labute approximate surface area is 262 Å². The summed E-state index contributed by atoms with van der Waals surface area (Å²) in [6, 6.07) is 24.4. The van der Waals surface area contributed by atoms with Gasteiger partial charge in [-0.15, -0.1) is 0 Å². The summed E-state index contributed by atoms with van der Waals surface area (Å²) in [6.45, 7) is 13.1. The molecule has 3 aliphatic carbocycles. The summed E-state index contributed by atoms with van der Waals surface area (Å²) >= 11 is 0. The van der Waals surface area contributed by atoms with Crippen LogP contribution in [0.3, 0.4) is 0 Å². The van der Waals surface area contributed by atoms with Gasteiger partial charge in [-0.25, -0.2) is 0 Å². The van der Waals surface area contributed by atoms with E-state index in [2.05, 4.69) is 99.3 Å². The molecule has 4 heteroatoms. The van der Waals surface area contributed by atoms with Crippen LogP contribution in [0.4, 0.5) is 5.69 Å². The average Bonchev–Trinajstić information content (AvgIpc) is 3.21. The molecule has 228 valence electrons. The molecule has 3 fully saturated rings. The van der Waals surface area contributed by atoms with Gasteiger partial charge in [0.2, 0.25) is 0 Å². The second-order valence-corrected chi connectivity index (χ2v) is 15.5. The van der Waals surface area contributed by atoms with Gasteiger partial charge in [0.1, 0.15) is 11.5 Å². The Balaban J connectivity index is 1.32. The molecule has 0 aromatic heterocycles. The fourth-order valence-corrected chi connectivity index (χ4v) is 9.52. The maximum absolute atomic E-state index is 11.8. The van der Waals surface area contributed by atoms with Crippen molar-refractivity contribution < 1.29 is 14.6 Å². The van der Waals surface area contributed by atoms with Crippen LogP contribution in [0.25, 0.3) is 33.0 Å². The monoisotopic (exact) mass is 587 g/mol. The Bertz CT molecular complexity index is 1730. The first-order chi connectivity index (χ1) is 21.1. The molecule has 1 aliphatic heterocycles. The number of aromatic hydroxyl groups is 1. The van der Waals surface area contributed by atoms with E-state index >= 15 is 0 Å². The van der Waals surface area contributed by atoms with Crippen molar-refractivity contribution >= 4 is 16.5 Å². The lowest BCUT2D eigenvalue weighted by Gasteiger charge is -2.51. The third-order valence-corrected chi connectivity index (χ3v) is 10.9. The van der Waals surface area contributed by atoms with E-state index in [-0.39, 0.29) is 22.3 Å². The van der Waals surface area contributed by atoms with Crippen LogP contribution >= 0.6 is 0 Å². The average molecular weight is 588 g/mol. The van der Waals surface area contributed by atoms with Crippen LogP contribution in [0.2, 0.25) is 0 Å². The molecule has 4 nitrogen and oxygen atoms in total. The van der Waals surface area contributed by atoms with Crippen molar-refractivity contribution in [2.24, 2.45) is 10.8 Å². The van der Waals surface area contributed by atoms with Crippen molar-refractivity contribution in [1.29, 1.82) is 0 Å². The van der Waals surface area contributed by atoms with Crippen molar-refractivity contribution in [2.75, 3.05) is 31.2 Å². The lowest BCUT2D eigenvalue weighted by molar-refractivity contribution is 0.0645. The van der Waals surface area contributed by atoms with Crippen molar-refractivity contribution in [2.45, 2.75) is 77.7 Å². The van der Waals surface area contributed by atoms with Gasteiger partial charge in [0.15, 0.2) is 0 Å². The minimum absolute atomic E-state index is 0.119. The molecule has 0 unspecified atom stereocenters. The zero-order valence-electron chi connectivity index (χ0n) is 26.7. The van der Waals surface area contributed by atoms with Crippen LogP contribution < -0.4 is 9.64 Å². The summed E-state index contributed by atoms with van der Waals surface area (Å²) in [6.07, 6.45) is 7.03. The molecule has 4 aliphatic rings. The summed E-state index contributed by atoms with van der Waals surface area (Å²) in [5.74, 6) is 1.30. The Morgan fingerprint density at radius 2 is 1.48 bits per heavy atom. The minimum atomic E-state index is -0.119. The number of ether oxygens (including phenoxy) is 2. The van der Waals surface area contributed by atoms with E-state index in [1.807, 2.05) is 0 Å². The van der Waals surface area contributed by atoms with Crippen LogP contribution in [0.5, 0.6) is 11.5 Å². The van der Waals surface area contributed by atoms with Crippen LogP contribution in [0, 0.1) is 10.8 Å². The first kappa shape index (κ1) is 28.0. The summed E-state index contributed by atoms with van der Waals surface area (Å²) in [5.41, 5.74) is 8.97. The smallest absolute Gasteiger partial charge is 0.128 e. The highest BCUT2D eigenvalue weighted by Crippen LogP contribution is 2.65. The van der Waals surface area contributed by atoms with E-state index in [1.54, 1.807) is 0 Å². The summed E-state index contributed by atoms with van der Waals surface area (Å²) in [4.78, 5) is 2.38. The first-order valence-corrected chi connectivity index (χ1v) is 16.7. The molecule has 1 heterocycles. The second kappa shape index (κ2) is 10.0. The van der Waals surface area contributed by atoms with Gasteiger partial charge in [-0.2, -0.15) is 0 Å². The molecule has 4 aromatic carbocycles. The molecule has 2 saturated carbocycles. The van der Waals surface area contributed by atoms with Gasteiger partial charge in [0, 0.05) is 35.1 Å². The number of nitrogens with zero attached hydrogens (tertiary/aromatic N) is 1. The molecule has 8 rings (SSSR count). The molecule has 1 saturated heterocycles. The van der Waals surface area contributed by atoms with Gasteiger partial charge in [-0.1, -0.05) is 64.1 Å². The number of anilines is 1. The van der Waals surface area contributed by atoms with E-state index in [4.69, 9.17) is 9.47 Å². The van der Waals surface area contributed by atoms with Crippen LogP contribution in [-0.4, -0.2) is 37.5 Å². The molecule has 4 aromatic rings. The Hall–Kier alpha value is -3.50. The van der Waals surface area contributed by atoms with E-state index in [0.717, 1.165) is 79.6 Å². The number of phenolic OH excluding ortho intramolecular Hbond substituents is 1. The van der Waals surface area contributed by atoms with Gasteiger partial charge in [0.05, 0.1) is 19.3 Å². The molecule has 0 amide bonds. The van der Waals surface area contributed by atoms with Gasteiger partial charge in [-0.05, 0) is 113 Å². The number of rotatable bonds is 4. The molecular weight excluding hydrogens is 542 g/mol. The van der Waals surface area contributed by atoms with Crippen LogP contribution in [0.15, 0.2) is 66.7 Å². The summed E-state index contributed by atoms with van der Waals surface area (Å²) in [7, 11) is 0. The van der Waals surface area contributed by atoms with Gasteiger partial charge in [-0.3, -0.25) is 0 Å². The van der Waals surface area contributed by atoms with Crippen molar-refractivity contribution in [3.8, 4) is 33.8 Å². The van der Waals surface area contributed by atoms with Gasteiger partial charge >= 0.3 is 0 Å². The highest BCUT2D eigenvalue weighted by atomic mass is 16.5. The van der Waals surface area contributed by atoms with E-state index < -0.39 is 0 Å². The molecule has 0 bridgehead atoms. The number of fused-ring (bicyclic) bond motifs is 7. The molecule has 0 radical (unpaired) electrons. The zero-order chi connectivity index (χ0) is 30.3. The SMILES string of the molecule is CC1(C)CC(C)(C)CC2(C1)c1ccccc1-c1c2cc(O)c2cc(-c3ccc(N4CCOCC4)cc3)c(OC3CCC3)cc12. The van der Waals surface area contributed by atoms with Crippen molar-refractivity contribution in [1.82, 2.24) is 0 Å². The molecule has 44 heavy (non-hydrogen) atoms. The van der Waals surface area contributed by atoms with E-state index in [1.165, 1.54) is 40.8 Å². The highest BCUT2D eigenvalue weighted by Gasteiger charge is 2.53. The molecule has 0 atom stereocenters. The maximum atomic E-state index is 11.8. The Kier molecular flexibility index (Phi) is 6.37. The third-order valence-electron chi connectivity index (χ3n) is 10.9. The number of hydrogen-bond acceptors (Lipinski definition) is 4. The zero-order valence-corrected chi connectivity index (χ0v) is 26.7.